The first-order chi connectivity index (χ1) is 15.7. The fourth-order valence-electron chi connectivity index (χ4n) is 4.20. The van der Waals surface area contributed by atoms with Crippen molar-refractivity contribution in [2.75, 3.05) is 0 Å². The van der Waals surface area contributed by atoms with Gasteiger partial charge in [-0.25, -0.2) is 12.2 Å². The first kappa shape index (κ1) is 28.3. The predicted octanol–water partition coefficient (Wildman–Crippen LogP) is 2.86. The van der Waals surface area contributed by atoms with E-state index >= 15 is 0 Å². The molecule has 0 amide bonds. The molecule has 0 nitrogen and oxygen atoms in total. The summed E-state index contributed by atoms with van der Waals surface area (Å²) in [6.07, 6.45) is 12.6. The van der Waals surface area contributed by atoms with Gasteiger partial charge in [0.1, 0.15) is 0 Å². The summed E-state index contributed by atoms with van der Waals surface area (Å²) in [7, 11) is 0. The van der Waals surface area contributed by atoms with Crippen LogP contribution in [0.3, 0.4) is 0 Å². The average molecular weight is 563 g/mol. The smallest absolute Gasteiger partial charge is 0.0255 e. The van der Waals surface area contributed by atoms with Gasteiger partial charge >= 0.3 is 54.1 Å². The Morgan fingerprint density at radius 3 is 1.79 bits per heavy atom. The molecule has 0 saturated carbocycles. The second kappa shape index (κ2) is 13.8. The number of hydrogen-bond donors (Lipinski definition) is 0. The molecule has 0 heterocycles. The number of rotatable bonds is 2. The fraction of sp³-hybridized carbons (Fsp3) is 0.161. The van der Waals surface area contributed by atoms with Crippen molar-refractivity contribution < 1.29 is 49.0 Å². The van der Waals surface area contributed by atoms with Crippen molar-refractivity contribution in [2.45, 2.75) is 33.1 Å². The van der Waals surface area contributed by atoms with Gasteiger partial charge in [0.15, 0.2) is 0 Å². The molecule has 0 bridgehead atoms. The second-order valence-corrected chi connectivity index (χ2v) is 9.66. The molecule has 1 aliphatic rings. The van der Waals surface area contributed by atoms with Crippen molar-refractivity contribution in [1.82, 2.24) is 0 Å². The topological polar surface area (TPSA) is 0 Å². The van der Waals surface area contributed by atoms with Crippen LogP contribution in [0.25, 0.3) is 43.1 Å². The molecule has 0 spiro atoms. The number of halogens is 2. The maximum Gasteiger partial charge on any atom is -0.0255 e. The van der Waals surface area contributed by atoms with Crippen LogP contribution in [0.15, 0.2) is 97.1 Å². The van der Waals surface area contributed by atoms with Crippen molar-refractivity contribution in [1.29, 1.82) is 0 Å². The Balaban J connectivity index is 0.000000265. The predicted molar refractivity (Wildman–Crippen MR) is 139 cm³/mol. The van der Waals surface area contributed by atoms with Crippen molar-refractivity contribution in [3.63, 3.8) is 0 Å². The standard InChI is InChI=1S/C21H13.C5H5.C5H10.2ClH.Zr/c1-2-8-15-14(7-1)13-20-18-11-4-3-9-16(18)17-10-5-6-12-19(17)21(15)20;1-2-4-5-3-1;1-3-5-4-2;;;/h1-13H;1-3H,4H2;3-4H2,1-2H3;2*1H;/q2*-1;;;;+2/p-2. The van der Waals surface area contributed by atoms with Crippen LogP contribution in [0, 0.1) is 6.08 Å². The van der Waals surface area contributed by atoms with Crippen LogP contribution in [-0.4, -0.2) is 3.21 Å². The molecule has 0 fully saturated rings. The summed E-state index contributed by atoms with van der Waals surface area (Å²) in [5.41, 5.74) is 0. The van der Waals surface area contributed by atoms with Crippen LogP contribution < -0.4 is 24.8 Å². The Morgan fingerprint density at radius 1 is 0.765 bits per heavy atom. The molecular weight excluding hydrogens is 534 g/mol. The van der Waals surface area contributed by atoms with E-state index in [9.17, 15) is 0 Å². The minimum atomic E-state index is 0. The maximum atomic E-state index is 2.99. The van der Waals surface area contributed by atoms with Crippen LogP contribution in [-0.2, 0) is 24.2 Å². The minimum absolute atomic E-state index is 0. The third-order valence-electron chi connectivity index (χ3n) is 5.94. The number of fused-ring (bicyclic) bond motifs is 8. The molecule has 0 atom stereocenters. The monoisotopic (exact) mass is 560 g/mol. The summed E-state index contributed by atoms with van der Waals surface area (Å²) < 4.78 is 1.68. The molecule has 0 radical (unpaired) electrons. The van der Waals surface area contributed by atoms with E-state index in [1.807, 2.05) is 12.2 Å². The Labute approximate surface area is 230 Å². The van der Waals surface area contributed by atoms with Crippen molar-refractivity contribution in [3.8, 4) is 0 Å². The first-order valence-corrected chi connectivity index (χ1v) is 12.6. The zero-order valence-corrected chi connectivity index (χ0v) is 23.6. The van der Waals surface area contributed by atoms with Gasteiger partial charge in [-0.05, 0) is 10.8 Å². The van der Waals surface area contributed by atoms with E-state index in [-0.39, 0.29) is 24.8 Å². The van der Waals surface area contributed by atoms with Gasteiger partial charge in [0.2, 0.25) is 0 Å². The SMILES string of the molecule is CC[C](=[Zr+2])CC.[C-]1=CC=CC1.[Cl-].[Cl-].c1ccc2c(c1)[cH-]c1c3ccccc3c3ccccc3c21. The van der Waals surface area contributed by atoms with Crippen molar-refractivity contribution in [2.24, 2.45) is 0 Å². The van der Waals surface area contributed by atoms with Gasteiger partial charge in [0.25, 0.3) is 0 Å². The number of benzene rings is 4. The Hall–Kier alpha value is -1.92. The van der Waals surface area contributed by atoms with E-state index in [1.54, 1.807) is 27.4 Å². The summed E-state index contributed by atoms with van der Waals surface area (Å²) in [6.45, 7) is 4.43. The molecule has 5 aromatic carbocycles. The van der Waals surface area contributed by atoms with Gasteiger partial charge in [0.05, 0.1) is 0 Å². The largest absolute Gasteiger partial charge is 1.00 e. The van der Waals surface area contributed by atoms with Crippen LogP contribution >= 0.6 is 0 Å². The molecule has 34 heavy (non-hydrogen) atoms. The summed E-state index contributed by atoms with van der Waals surface area (Å²) >= 11 is 1.62. The molecule has 3 heteroatoms. The first-order valence-electron chi connectivity index (χ1n) is 11.4. The van der Waals surface area contributed by atoms with E-state index in [1.165, 1.54) is 55.9 Å². The zero-order valence-electron chi connectivity index (χ0n) is 19.6. The normalized spacial score (nSPS) is 11.4. The molecule has 0 saturated heterocycles. The van der Waals surface area contributed by atoms with Gasteiger partial charge in [0, 0.05) is 0 Å². The summed E-state index contributed by atoms with van der Waals surface area (Å²) in [4.78, 5) is 0. The third-order valence-corrected chi connectivity index (χ3v) is 7.68. The van der Waals surface area contributed by atoms with Crippen LogP contribution in [0.4, 0.5) is 0 Å². The fourth-order valence-corrected chi connectivity index (χ4v) is 4.20. The Bertz CT molecular complexity index is 1420. The molecule has 0 N–H and O–H groups in total. The summed E-state index contributed by atoms with van der Waals surface area (Å²) in [5, 5.41) is 10.8. The summed E-state index contributed by atoms with van der Waals surface area (Å²) in [5.74, 6) is 0. The molecule has 0 aromatic heterocycles. The average Bonchev–Trinajstić information content (AvgIpc) is 3.56. The quantitative estimate of drug-likeness (QED) is 0.229. The molecular formula is C31H28Cl2Zr-2. The van der Waals surface area contributed by atoms with E-state index in [2.05, 4.69) is 105 Å². The molecule has 0 unspecified atom stereocenters. The van der Waals surface area contributed by atoms with Crippen LogP contribution in [0.2, 0.25) is 0 Å². The van der Waals surface area contributed by atoms with Gasteiger partial charge in [-0.1, -0.05) is 77.5 Å². The van der Waals surface area contributed by atoms with E-state index in [4.69, 9.17) is 0 Å². The Kier molecular flexibility index (Phi) is 11.5. The van der Waals surface area contributed by atoms with Gasteiger partial charge in [-0.15, -0.1) is 40.1 Å². The third kappa shape index (κ3) is 6.20. The van der Waals surface area contributed by atoms with Gasteiger partial charge in [-0.3, -0.25) is 6.08 Å². The molecule has 6 rings (SSSR count). The molecule has 1 aliphatic carbocycles. The zero-order chi connectivity index (χ0) is 22.3. The van der Waals surface area contributed by atoms with E-state index in [0.717, 1.165) is 6.42 Å². The molecule has 5 aromatic rings. The molecule has 0 aliphatic heterocycles. The summed E-state index contributed by atoms with van der Waals surface area (Å²) in [6, 6.07) is 28.5. The van der Waals surface area contributed by atoms with Crippen LogP contribution in [0.5, 0.6) is 0 Å². The number of hydrogen-bond acceptors (Lipinski definition) is 0. The van der Waals surface area contributed by atoms with E-state index in [0.29, 0.717) is 0 Å². The second-order valence-electron chi connectivity index (χ2n) is 7.93. The van der Waals surface area contributed by atoms with Gasteiger partial charge in [-0.2, -0.15) is 6.08 Å². The molecule has 172 valence electrons. The Morgan fingerprint density at radius 2 is 1.29 bits per heavy atom. The number of allylic oxidation sites excluding steroid dienone is 4. The van der Waals surface area contributed by atoms with Crippen molar-refractivity contribution in [3.05, 3.63) is 103 Å². The van der Waals surface area contributed by atoms with Crippen molar-refractivity contribution >= 4 is 46.3 Å². The van der Waals surface area contributed by atoms with E-state index < -0.39 is 0 Å². The van der Waals surface area contributed by atoms with Crippen LogP contribution in [0.1, 0.15) is 33.1 Å². The van der Waals surface area contributed by atoms with Gasteiger partial charge < -0.3 is 24.8 Å². The maximum absolute atomic E-state index is 2.99. The minimum Gasteiger partial charge on any atom is -1.00 e.